The number of carbonyl (C=O) groups is 1. The van der Waals surface area contributed by atoms with Gasteiger partial charge in [0, 0.05) is 13.0 Å². The topological polar surface area (TPSA) is 52.2 Å². The molecule has 0 aliphatic carbocycles. The highest BCUT2D eigenvalue weighted by molar-refractivity contribution is 5.71. The Morgan fingerprint density at radius 1 is 1.78 bits per heavy atom. The minimum absolute atomic E-state index is 0.230. The third kappa shape index (κ3) is 1.36. The first-order valence-corrected chi connectivity index (χ1v) is 2.97. The van der Waals surface area contributed by atoms with Gasteiger partial charge in [-0.25, -0.2) is 0 Å². The Bertz CT molecular complexity index is 124. The lowest BCUT2D eigenvalue weighted by atomic mass is 10.1. The minimum Gasteiger partial charge on any atom is -0.548 e. The first-order valence-electron chi connectivity index (χ1n) is 2.97. The lowest BCUT2D eigenvalue weighted by Crippen LogP contribution is -2.41. The van der Waals surface area contributed by atoms with Gasteiger partial charge in [-0.05, 0) is 0 Å². The van der Waals surface area contributed by atoms with E-state index in [4.69, 9.17) is 0 Å². The van der Waals surface area contributed by atoms with Crippen LogP contribution in [0, 0.1) is 12.8 Å². The molecule has 0 saturated carbocycles. The molecule has 9 heavy (non-hydrogen) atoms. The summed E-state index contributed by atoms with van der Waals surface area (Å²) in [7, 11) is 0. The van der Waals surface area contributed by atoms with E-state index >= 15 is 0 Å². The zero-order chi connectivity index (χ0) is 6.85. The van der Waals surface area contributed by atoms with Crippen molar-refractivity contribution < 1.29 is 9.90 Å². The maximum Gasteiger partial charge on any atom is 0.109 e. The molecule has 1 aliphatic heterocycles. The Hall–Kier alpha value is -0.700. The molecule has 2 atom stereocenters. The number of carboxylic acids is 1. The van der Waals surface area contributed by atoms with Gasteiger partial charge in [0.2, 0.25) is 0 Å². The second kappa shape index (κ2) is 2.27. The van der Waals surface area contributed by atoms with Crippen LogP contribution in [-0.2, 0) is 4.79 Å². The molecule has 0 radical (unpaired) electrons. The van der Waals surface area contributed by atoms with Crippen LogP contribution in [0.3, 0.4) is 0 Å². The second-order valence-electron chi connectivity index (χ2n) is 2.38. The summed E-state index contributed by atoms with van der Waals surface area (Å²) in [5.74, 6) is -0.783. The Morgan fingerprint density at radius 3 is 2.67 bits per heavy atom. The molecule has 0 unspecified atom stereocenters. The second-order valence-corrected chi connectivity index (χ2v) is 2.38. The molecule has 0 aromatic heterocycles. The third-order valence-electron chi connectivity index (χ3n) is 1.51. The maximum absolute atomic E-state index is 10.1. The van der Waals surface area contributed by atoms with Crippen LogP contribution in [0.5, 0.6) is 0 Å². The summed E-state index contributed by atoms with van der Waals surface area (Å²) in [4.78, 5) is 10.1. The predicted molar refractivity (Wildman–Crippen MR) is 30.3 cm³/mol. The molecule has 0 bridgehead atoms. The molecular formula is C6H9NO2. The molecule has 3 nitrogen and oxygen atoms in total. The molecule has 1 fully saturated rings. The predicted octanol–water partition coefficient (Wildman–Crippen LogP) is -1.45. The molecule has 0 amide bonds. The van der Waals surface area contributed by atoms with Crippen molar-refractivity contribution in [2.45, 2.75) is 12.5 Å². The van der Waals surface area contributed by atoms with Crippen molar-refractivity contribution in [2.75, 3.05) is 6.54 Å². The number of carboxylic acid groups (broad SMARTS) is 1. The Morgan fingerprint density at radius 2 is 2.44 bits per heavy atom. The van der Waals surface area contributed by atoms with Crippen molar-refractivity contribution in [3.8, 4) is 0 Å². The summed E-state index contributed by atoms with van der Waals surface area (Å²) < 4.78 is 0. The van der Waals surface area contributed by atoms with Gasteiger partial charge in [-0.2, -0.15) is 0 Å². The van der Waals surface area contributed by atoms with Gasteiger partial charge in [0.25, 0.3) is 0 Å². The number of hydrogen-bond acceptors (Lipinski definition) is 3. The summed E-state index contributed by atoms with van der Waals surface area (Å²) in [5, 5.41) is 12.9. The molecule has 0 aromatic carbocycles. The van der Waals surface area contributed by atoms with Crippen molar-refractivity contribution in [3.05, 3.63) is 6.92 Å². The fourth-order valence-electron chi connectivity index (χ4n) is 0.988. The summed E-state index contributed by atoms with van der Waals surface area (Å²) in [6.45, 7) is 4.41. The van der Waals surface area contributed by atoms with Gasteiger partial charge in [-0.3, -0.25) is 0 Å². The van der Waals surface area contributed by atoms with Crippen LogP contribution in [0.15, 0.2) is 0 Å². The average Bonchev–Trinajstić information content (AvgIpc) is 2.14. The van der Waals surface area contributed by atoms with Gasteiger partial charge in [0.15, 0.2) is 0 Å². The van der Waals surface area contributed by atoms with E-state index in [1.165, 1.54) is 0 Å². The Kier molecular flexibility index (Phi) is 1.62. The van der Waals surface area contributed by atoms with Crippen LogP contribution >= 0.6 is 0 Å². The van der Waals surface area contributed by atoms with Crippen molar-refractivity contribution in [1.29, 1.82) is 0 Å². The summed E-state index contributed by atoms with van der Waals surface area (Å²) in [6.07, 6.45) is 0.600. The van der Waals surface area contributed by atoms with Gasteiger partial charge in [-0.15, -0.1) is 0 Å². The van der Waals surface area contributed by atoms with E-state index in [1.54, 1.807) is 0 Å². The molecule has 50 valence electrons. The monoisotopic (exact) mass is 127 g/mol. The summed E-state index contributed by atoms with van der Waals surface area (Å²) in [6, 6.07) is -0.465. The number of hydrogen-bond donors (Lipinski definition) is 1. The molecule has 3 heteroatoms. The maximum atomic E-state index is 10.1. The molecule has 1 heterocycles. The third-order valence-corrected chi connectivity index (χ3v) is 1.51. The lowest BCUT2D eigenvalue weighted by Gasteiger charge is -2.08. The number of carbonyl (C=O) groups excluding carboxylic acids is 1. The van der Waals surface area contributed by atoms with Crippen LogP contribution in [-0.4, -0.2) is 18.6 Å². The Labute approximate surface area is 54.1 Å². The molecule has 1 N–H and O–H groups in total. The SMILES string of the molecule is [CH2+][C@@H]1CN[C@H](C(=O)[O-])C1. The highest BCUT2D eigenvalue weighted by Gasteiger charge is 2.25. The van der Waals surface area contributed by atoms with Crippen LogP contribution < -0.4 is 10.4 Å². The lowest BCUT2D eigenvalue weighted by molar-refractivity contribution is -0.308. The van der Waals surface area contributed by atoms with Crippen LogP contribution in [0.25, 0.3) is 0 Å². The Balaban J connectivity index is 2.39. The van der Waals surface area contributed by atoms with E-state index in [0.29, 0.717) is 13.0 Å². The van der Waals surface area contributed by atoms with Crippen LogP contribution in [0.2, 0.25) is 0 Å². The van der Waals surface area contributed by atoms with E-state index in [2.05, 4.69) is 12.2 Å². The van der Waals surface area contributed by atoms with Crippen LogP contribution in [0.1, 0.15) is 6.42 Å². The van der Waals surface area contributed by atoms with E-state index in [0.717, 1.165) is 0 Å². The van der Waals surface area contributed by atoms with Crippen molar-refractivity contribution in [3.63, 3.8) is 0 Å². The van der Waals surface area contributed by atoms with Gasteiger partial charge in [0.1, 0.15) is 5.92 Å². The van der Waals surface area contributed by atoms with Gasteiger partial charge >= 0.3 is 0 Å². The first-order chi connectivity index (χ1) is 4.20. The van der Waals surface area contributed by atoms with Crippen LogP contribution in [0.4, 0.5) is 0 Å². The molecule has 1 saturated heterocycles. The zero-order valence-corrected chi connectivity index (χ0v) is 5.09. The summed E-state index contributed by atoms with van der Waals surface area (Å²) >= 11 is 0. The number of aliphatic carboxylic acids is 1. The number of nitrogens with one attached hydrogen (secondary N) is 1. The van der Waals surface area contributed by atoms with E-state index in [1.807, 2.05) is 0 Å². The molecule has 0 aromatic rings. The summed E-state index contributed by atoms with van der Waals surface area (Å²) in [5.41, 5.74) is 0. The quantitative estimate of drug-likeness (QED) is 0.438. The minimum atomic E-state index is -1.01. The molecule has 1 aliphatic rings. The van der Waals surface area contributed by atoms with Crippen molar-refractivity contribution >= 4 is 5.97 Å². The normalized spacial score (nSPS) is 34.7. The fourth-order valence-corrected chi connectivity index (χ4v) is 0.988. The van der Waals surface area contributed by atoms with E-state index in [9.17, 15) is 9.90 Å². The standard InChI is InChI=1S/C6H9NO2/c1-4-2-5(6(8)9)7-3-4/h4-5,7H,1-3H2/t4-,5-/m0/s1. The van der Waals surface area contributed by atoms with Gasteiger partial charge in [0.05, 0.1) is 18.9 Å². The van der Waals surface area contributed by atoms with Crippen molar-refractivity contribution in [2.24, 2.45) is 5.92 Å². The zero-order valence-electron chi connectivity index (χ0n) is 5.09. The van der Waals surface area contributed by atoms with Crippen molar-refractivity contribution in [1.82, 2.24) is 5.32 Å². The van der Waals surface area contributed by atoms with E-state index < -0.39 is 12.0 Å². The molecule has 0 spiro atoms. The molecule has 1 rings (SSSR count). The van der Waals surface area contributed by atoms with E-state index in [-0.39, 0.29) is 5.92 Å². The largest absolute Gasteiger partial charge is 0.548 e. The first kappa shape index (κ1) is 6.42. The molecular weight excluding hydrogens is 118 g/mol. The fraction of sp³-hybridized carbons (Fsp3) is 0.667. The highest BCUT2D eigenvalue weighted by atomic mass is 16.4. The smallest absolute Gasteiger partial charge is 0.109 e. The highest BCUT2D eigenvalue weighted by Crippen LogP contribution is 2.10. The van der Waals surface area contributed by atoms with Gasteiger partial charge in [-0.1, -0.05) is 0 Å². The van der Waals surface area contributed by atoms with Gasteiger partial charge < -0.3 is 15.2 Å². The number of rotatable bonds is 1. The average molecular weight is 127 g/mol.